The molecule has 0 aromatic rings. The van der Waals surface area contributed by atoms with Crippen molar-refractivity contribution in [1.29, 1.82) is 0 Å². The van der Waals surface area contributed by atoms with Crippen LogP contribution in [0.3, 0.4) is 0 Å². The van der Waals surface area contributed by atoms with E-state index in [0.29, 0.717) is 13.0 Å². The van der Waals surface area contributed by atoms with Crippen LogP contribution < -0.4 is 11.1 Å². The van der Waals surface area contributed by atoms with Gasteiger partial charge in [-0.2, -0.15) is 13.2 Å². The van der Waals surface area contributed by atoms with E-state index in [2.05, 4.69) is 15.0 Å². The van der Waals surface area contributed by atoms with E-state index < -0.39 is 12.8 Å². The first kappa shape index (κ1) is 16.0. The predicted octanol–water partition coefficient (Wildman–Crippen LogP) is 1.66. The van der Waals surface area contributed by atoms with Gasteiger partial charge in [-0.3, -0.25) is 4.99 Å². The van der Waals surface area contributed by atoms with Crippen LogP contribution in [-0.4, -0.2) is 37.4 Å². The lowest BCUT2D eigenvalue weighted by molar-refractivity contribution is -0.173. The third kappa shape index (κ3) is 13.0. The molecule has 0 rings (SSSR count). The SMILES string of the molecule is CC(C)(C)NC(N)=NCCCOCC(F)(F)F. The number of alkyl halides is 3. The molecule has 0 atom stereocenters. The van der Waals surface area contributed by atoms with Crippen molar-refractivity contribution in [2.45, 2.75) is 38.9 Å². The Morgan fingerprint density at radius 3 is 2.35 bits per heavy atom. The highest BCUT2D eigenvalue weighted by molar-refractivity contribution is 5.78. The molecule has 0 aromatic heterocycles. The summed E-state index contributed by atoms with van der Waals surface area (Å²) in [5, 5.41) is 2.94. The number of halogens is 3. The Hall–Kier alpha value is -0.980. The lowest BCUT2D eigenvalue weighted by Crippen LogP contribution is -2.45. The Labute approximate surface area is 99.4 Å². The van der Waals surface area contributed by atoms with Gasteiger partial charge in [-0.05, 0) is 27.2 Å². The molecule has 0 spiro atoms. The van der Waals surface area contributed by atoms with Crippen LogP contribution in [0.15, 0.2) is 4.99 Å². The van der Waals surface area contributed by atoms with Gasteiger partial charge >= 0.3 is 6.18 Å². The standard InChI is InChI=1S/C10H20F3N3O/c1-9(2,3)16-8(14)15-5-4-6-17-7-10(11,12)13/h4-7H2,1-3H3,(H3,14,15,16). The molecule has 0 aromatic carbocycles. The minimum absolute atomic E-state index is 0.0197. The Bertz CT molecular complexity index is 246. The number of hydrogen-bond donors (Lipinski definition) is 2. The van der Waals surface area contributed by atoms with E-state index in [0.717, 1.165) is 0 Å². The van der Waals surface area contributed by atoms with Crippen LogP contribution >= 0.6 is 0 Å². The van der Waals surface area contributed by atoms with Gasteiger partial charge in [0.25, 0.3) is 0 Å². The number of guanidine groups is 1. The summed E-state index contributed by atoms with van der Waals surface area (Å²) in [5.41, 5.74) is 5.38. The molecule has 0 heterocycles. The molecule has 0 amide bonds. The number of nitrogens with two attached hydrogens (primary N) is 1. The maximum Gasteiger partial charge on any atom is 0.411 e. The van der Waals surface area contributed by atoms with E-state index in [9.17, 15) is 13.2 Å². The van der Waals surface area contributed by atoms with Gasteiger partial charge in [0.2, 0.25) is 0 Å². The topological polar surface area (TPSA) is 59.6 Å². The summed E-state index contributed by atoms with van der Waals surface area (Å²) in [4.78, 5) is 3.97. The number of aliphatic imine (C=N–C) groups is 1. The second-order valence-electron chi connectivity index (χ2n) is 4.66. The fraction of sp³-hybridized carbons (Fsp3) is 0.900. The number of rotatable bonds is 5. The van der Waals surface area contributed by atoms with Crippen LogP contribution in [0.5, 0.6) is 0 Å². The number of ether oxygens (including phenoxy) is 1. The molecule has 0 aliphatic carbocycles. The van der Waals surface area contributed by atoms with Gasteiger partial charge in [0.15, 0.2) is 5.96 Å². The van der Waals surface area contributed by atoms with Crippen LogP contribution in [-0.2, 0) is 4.74 Å². The minimum Gasteiger partial charge on any atom is -0.372 e. The maximum atomic E-state index is 11.7. The zero-order valence-corrected chi connectivity index (χ0v) is 10.4. The molecule has 7 heteroatoms. The number of nitrogens with one attached hydrogen (secondary N) is 1. The molecule has 0 saturated heterocycles. The second kappa shape index (κ2) is 6.68. The quantitative estimate of drug-likeness (QED) is 0.446. The van der Waals surface area contributed by atoms with E-state index in [4.69, 9.17) is 5.73 Å². The third-order valence-electron chi connectivity index (χ3n) is 1.50. The summed E-state index contributed by atoms with van der Waals surface area (Å²) in [6.45, 7) is 4.94. The molecule has 0 unspecified atom stereocenters. The summed E-state index contributed by atoms with van der Waals surface area (Å²) < 4.78 is 39.5. The smallest absolute Gasteiger partial charge is 0.372 e. The van der Waals surface area contributed by atoms with E-state index in [-0.39, 0.29) is 18.1 Å². The van der Waals surface area contributed by atoms with Crippen LogP contribution in [0, 0.1) is 0 Å². The first-order valence-corrected chi connectivity index (χ1v) is 5.33. The molecule has 102 valence electrons. The Kier molecular flexibility index (Phi) is 6.30. The normalized spacial score (nSPS) is 13.9. The summed E-state index contributed by atoms with van der Waals surface area (Å²) in [6.07, 6.45) is -3.86. The van der Waals surface area contributed by atoms with Crippen molar-refractivity contribution in [2.24, 2.45) is 10.7 Å². The molecule has 17 heavy (non-hydrogen) atoms. The van der Waals surface area contributed by atoms with Gasteiger partial charge in [-0.25, -0.2) is 0 Å². The molecule has 0 fully saturated rings. The molecule has 0 radical (unpaired) electrons. The van der Waals surface area contributed by atoms with Crippen molar-refractivity contribution in [2.75, 3.05) is 19.8 Å². The summed E-state index contributed by atoms with van der Waals surface area (Å²) >= 11 is 0. The van der Waals surface area contributed by atoms with Crippen molar-refractivity contribution >= 4 is 5.96 Å². The van der Waals surface area contributed by atoms with E-state index in [1.807, 2.05) is 20.8 Å². The fourth-order valence-corrected chi connectivity index (χ4v) is 0.978. The van der Waals surface area contributed by atoms with Gasteiger partial charge < -0.3 is 15.8 Å². The minimum atomic E-state index is -4.27. The average Bonchev–Trinajstić information content (AvgIpc) is 2.06. The molecule has 0 saturated carbocycles. The first-order valence-electron chi connectivity index (χ1n) is 5.33. The van der Waals surface area contributed by atoms with Crippen molar-refractivity contribution < 1.29 is 17.9 Å². The van der Waals surface area contributed by atoms with E-state index in [1.165, 1.54) is 0 Å². The second-order valence-corrected chi connectivity index (χ2v) is 4.66. The van der Waals surface area contributed by atoms with Crippen LogP contribution in [0.1, 0.15) is 27.2 Å². The average molecular weight is 255 g/mol. The lowest BCUT2D eigenvalue weighted by atomic mass is 10.1. The fourth-order valence-electron chi connectivity index (χ4n) is 0.978. The van der Waals surface area contributed by atoms with E-state index >= 15 is 0 Å². The maximum absolute atomic E-state index is 11.7. The molecule has 4 nitrogen and oxygen atoms in total. The lowest BCUT2D eigenvalue weighted by Gasteiger charge is -2.20. The molecule has 0 aliphatic rings. The molecule has 0 aliphatic heterocycles. The van der Waals surface area contributed by atoms with Crippen molar-refractivity contribution in [1.82, 2.24) is 5.32 Å². The van der Waals surface area contributed by atoms with Crippen LogP contribution in [0.4, 0.5) is 13.2 Å². The summed E-state index contributed by atoms with van der Waals surface area (Å²) in [6, 6.07) is 0. The highest BCUT2D eigenvalue weighted by atomic mass is 19.4. The number of nitrogens with zero attached hydrogens (tertiary/aromatic N) is 1. The summed E-state index contributed by atoms with van der Waals surface area (Å²) in [7, 11) is 0. The van der Waals surface area contributed by atoms with Crippen molar-refractivity contribution in [3.63, 3.8) is 0 Å². The zero-order valence-electron chi connectivity index (χ0n) is 10.4. The molecule has 3 N–H and O–H groups in total. The van der Waals surface area contributed by atoms with Crippen LogP contribution in [0.25, 0.3) is 0 Å². The Morgan fingerprint density at radius 1 is 1.29 bits per heavy atom. The van der Waals surface area contributed by atoms with Crippen molar-refractivity contribution in [3.05, 3.63) is 0 Å². The highest BCUT2D eigenvalue weighted by Gasteiger charge is 2.27. The zero-order chi connectivity index (χ0) is 13.5. The third-order valence-corrected chi connectivity index (χ3v) is 1.50. The summed E-state index contributed by atoms with van der Waals surface area (Å²) in [5.74, 6) is 0.285. The molecular formula is C10H20F3N3O. The highest BCUT2D eigenvalue weighted by Crippen LogP contribution is 2.14. The Balaban J connectivity index is 3.60. The largest absolute Gasteiger partial charge is 0.411 e. The van der Waals surface area contributed by atoms with Crippen LogP contribution in [0.2, 0.25) is 0 Å². The Morgan fingerprint density at radius 2 is 1.88 bits per heavy atom. The first-order chi connectivity index (χ1) is 7.60. The number of hydrogen-bond acceptors (Lipinski definition) is 2. The van der Waals surface area contributed by atoms with E-state index in [1.54, 1.807) is 0 Å². The van der Waals surface area contributed by atoms with Gasteiger partial charge in [-0.15, -0.1) is 0 Å². The predicted molar refractivity (Wildman–Crippen MR) is 60.9 cm³/mol. The monoisotopic (exact) mass is 255 g/mol. The molecular weight excluding hydrogens is 235 g/mol. The van der Waals surface area contributed by atoms with Gasteiger partial charge in [-0.1, -0.05) is 0 Å². The van der Waals surface area contributed by atoms with Crippen molar-refractivity contribution in [3.8, 4) is 0 Å². The molecule has 0 bridgehead atoms. The van der Waals surface area contributed by atoms with Gasteiger partial charge in [0, 0.05) is 18.7 Å². The van der Waals surface area contributed by atoms with Gasteiger partial charge in [0.1, 0.15) is 6.61 Å². The van der Waals surface area contributed by atoms with Gasteiger partial charge in [0.05, 0.1) is 0 Å².